The highest BCUT2D eigenvalue weighted by Gasteiger charge is 2.02. The molecule has 0 aliphatic heterocycles. The van der Waals surface area contributed by atoms with Gasteiger partial charge in [-0.3, -0.25) is 4.98 Å². The largest absolute Gasteiger partial charge is 0.387 e. The molecule has 1 N–H and O–H groups in total. The fourth-order valence-corrected chi connectivity index (χ4v) is 1.21. The zero-order chi connectivity index (χ0) is 9.97. The molecule has 4 heteroatoms. The van der Waals surface area contributed by atoms with Crippen LogP contribution < -0.4 is 0 Å². The van der Waals surface area contributed by atoms with Crippen molar-refractivity contribution in [2.75, 3.05) is 0 Å². The van der Waals surface area contributed by atoms with Crippen molar-refractivity contribution in [1.29, 1.82) is 0 Å². The van der Waals surface area contributed by atoms with Gasteiger partial charge in [-0.25, -0.2) is 4.98 Å². The Labute approximate surface area is 81.9 Å². The van der Waals surface area contributed by atoms with E-state index in [0.29, 0.717) is 5.69 Å². The summed E-state index contributed by atoms with van der Waals surface area (Å²) in [6, 6.07) is 3.71. The van der Waals surface area contributed by atoms with Gasteiger partial charge in [0.25, 0.3) is 0 Å². The van der Waals surface area contributed by atoms with Crippen LogP contribution in [0.4, 0.5) is 0 Å². The minimum absolute atomic E-state index is 0.521. The summed E-state index contributed by atoms with van der Waals surface area (Å²) in [4.78, 5) is 8.08. The van der Waals surface area contributed by atoms with Gasteiger partial charge in [0.05, 0.1) is 30.0 Å². The molecule has 0 radical (unpaired) electrons. The maximum Gasteiger partial charge on any atom is 0.0992 e. The predicted octanol–water partition coefficient (Wildman–Crippen LogP) is 1.32. The molecule has 0 bridgehead atoms. The van der Waals surface area contributed by atoms with Crippen molar-refractivity contribution in [2.45, 2.75) is 13.0 Å². The van der Waals surface area contributed by atoms with Gasteiger partial charge in [0.2, 0.25) is 0 Å². The molecule has 0 saturated heterocycles. The Kier molecular flexibility index (Phi) is 2.28. The number of imidazole rings is 1. The lowest BCUT2D eigenvalue weighted by Crippen LogP contribution is -1.97. The molecule has 0 aromatic carbocycles. The minimum Gasteiger partial charge on any atom is -0.387 e. The molecule has 1 unspecified atom stereocenters. The minimum atomic E-state index is -0.521. The number of pyridine rings is 1. The first-order valence-corrected chi connectivity index (χ1v) is 4.40. The van der Waals surface area contributed by atoms with E-state index in [1.807, 2.05) is 16.8 Å². The summed E-state index contributed by atoms with van der Waals surface area (Å²) in [7, 11) is 0. The third-order valence-electron chi connectivity index (χ3n) is 2.00. The van der Waals surface area contributed by atoms with Gasteiger partial charge in [-0.05, 0) is 19.1 Å². The standard InChI is InChI=1S/C10H11N3O/c1-8(14)10-3-2-9(6-12-10)13-5-4-11-7-13/h2-8,14H,1H3. The second-order valence-corrected chi connectivity index (χ2v) is 3.09. The van der Waals surface area contributed by atoms with E-state index in [1.165, 1.54) is 0 Å². The highest BCUT2D eigenvalue weighted by Crippen LogP contribution is 2.11. The number of aliphatic hydroxyl groups excluding tert-OH is 1. The monoisotopic (exact) mass is 189 g/mol. The molecule has 0 fully saturated rings. The van der Waals surface area contributed by atoms with E-state index in [9.17, 15) is 5.11 Å². The van der Waals surface area contributed by atoms with E-state index in [4.69, 9.17) is 0 Å². The van der Waals surface area contributed by atoms with Gasteiger partial charge in [-0.2, -0.15) is 0 Å². The van der Waals surface area contributed by atoms with Crippen LogP contribution >= 0.6 is 0 Å². The number of aromatic nitrogens is 3. The molecule has 4 nitrogen and oxygen atoms in total. The Morgan fingerprint density at radius 1 is 1.43 bits per heavy atom. The zero-order valence-corrected chi connectivity index (χ0v) is 7.83. The predicted molar refractivity (Wildman–Crippen MR) is 52.0 cm³/mol. The van der Waals surface area contributed by atoms with Crippen molar-refractivity contribution in [3.63, 3.8) is 0 Å². The molecular formula is C10H11N3O. The normalized spacial score (nSPS) is 12.7. The molecule has 2 heterocycles. The highest BCUT2D eigenvalue weighted by molar-refractivity contribution is 5.29. The average Bonchev–Trinajstić information content (AvgIpc) is 2.71. The van der Waals surface area contributed by atoms with Crippen LogP contribution in [0, 0.1) is 0 Å². The quantitative estimate of drug-likeness (QED) is 0.775. The summed E-state index contributed by atoms with van der Waals surface area (Å²) in [5.41, 5.74) is 1.61. The van der Waals surface area contributed by atoms with E-state index in [1.54, 1.807) is 31.7 Å². The Morgan fingerprint density at radius 2 is 2.29 bits per heavy atom. The van der Waals surface area contributed by atoms with Crippen LogP contribution in [0.3, 0.4) is 0 Å². The number of aliphatic hydroxyl groups is 1. The molecule has 14 heavy (non-hydrogen) atoms. The lowest BCUT2D eigenvalue weighted by molar-refractivity contribution is 0.194. The van der Waals surface area contributed by atoms with Crippen molar-refractivity contribution < 1.29 is 5.11 Å². The SMILES string of the molecule is CC(O)c1ccc(-n2ccnc2)cn1. The van der Waals surface area contributed by atoms with Crippen LogP contribution in [-0.4, -0.2) is 19.6 Å². The summed E-state index contributed by atoms with van der Waals surface area (Å²) < 4.78 is 1.86. The lowest BCUT2D eigenvalue weighted by atomic mass is 10.2. The Bertz CT molecular complexity index is 392. The molecule has 72 valence electrons. The van der Waals surface area contributed by atoms with E-state index < -0.39 is 6.10 Å². The van der Waals surface area contributed by atoms with Crippen LogP contribution in [0.25, 0.3) is 5.69 Å². The van der Waals surface area contributed by atoms with Crippen molar-refractivity contribution in [3.8, 4) is 5.69 Å². The van der Waals surface area contributed by atoms with Gasteiger partial charge >= 0.3 is 0 Å². The first-order chi connectivity index (χ1) is 6.77. The zero-order valence-electron chi connectivity index (χ0n) is 7.83. The molecule has 2 aromatic rings. The molecule has 2 rings (SSSR count). The summed E-state index contributed by atoms with van der Waals surface area (Å²) in [6.07, 6.45) is 6.46. The third kappa shape index (κ3) is 1.65. The number of nitrogens with zero attached hydrogens (tertiary/aromatic N) is 3. The van der Waals surface area contributed by atoms with Crippen LogP contribution in [0.15, 0.2) is 37.1 Å². The molecule has 0 aliphatic carbocycles. The van der Waals surface area contributed by atoms with E-state index in [-0.39, 0.29) is 0 Å². The van der Waals surface area contributed by atoms with Gasteiger partial charge in [0.15, 0.2) is 0 Å². The van der Waals surface area contributed by atoms with Crippen molar-refractivity contribution in [2.24, 2.45) is 0 Å². The summed E-state index contributed by atoms with van der Waals surface area (Å²) in [5.74, 6) is 0. The second kappa shape index (κ2) is 3.59. The molecule has 0 aliphatic rings. The maximum atomic E-state index is 9.26. The fourth-order valence-electron chi connectivity index (χ4n) is 1.21. The van der Waals surface area contributed by atoms with Crippen LogP contribution in [0.1, 0.15) is 18.7 Å². The van der Waals surface area contributed by atoms with E-state index in [2.05, 4.69) is 9.97 Å². The molecular weight excluding hydrogens is 178 g/mol. The Balaban J connectivity index is 2.31. The number of hydrogen-bond donors (Lipinski definition) is 1. The van der Waals surface area contributed by atoms with Gasteiger partial charge < -0.3 is 9.67 Å². The van der Waals surface area contributed by atoms with Crippen LogP contribution in [0.2, 0.25) is 0 Å². The summed E-state index contributed by atoms with van der Waals surface area (Å²) in [5, 5.41) is 9.26. The number of rotatable bonds is 2. The smallest absolute Gasteiger partial charge is 0.0992 e. The van der Waals surface area contributed by atoms with Crippen LogP contribution in [0.5, 0.6) is 0 Å². The Hall–Kier alpha value is -1.68. The molecule has 0 saturated carbocycles. The van der Waals surface area contributed by atoms with E-state index in [0.717, 1.165) is 5.69 Å². The van der Waals surface area contributed by atoms with Crippen molar-refractivity contribution in [3.05, 3.63) is 42.7 Å². The fraction of sp³-hybridized carbons (Fsp3) is 0.200. The summed E-state index contributed by atoms with van der Waals surface area (Å²) >= 11 is 0. The summed E-state index contributed by atoms with van der Waals surface area (Å²) in [6.45, 7) is 1.69. The van der Waals surface area contributed by atoms with E-state index >= 15 is 0 Å². The molecule has 0 spiro atoms. The average molecular weight is 189 g/mol. The number of hydrogen-bond acceptors (Lipinski definition) is 3. The molecule has 2 aromatic heterocycles. The topological polar surface area (TPSA) is 50.9 Å². The van der Waals surface area contributed by atoms with Gasteiger partial charge in [0, 0.05) is 12.4 Å². The van der Waals surface area contributed by atoms with Gasteiger partial charge in [-0.1, -0.05) is 0 Å². The third-order valence-corrected chi connectivity index (χ3v) is 2.00. The highest BCUT2D eigenvalue weighted by atomic mass is 16.3. The van der Waals surface area contributed by atoms with Crippen molar-refractivity contribution in [1.82, 2.24) is 14.5 Å². The van der Waals surface area contributed by atoms with Gasteiger partial charge in [-0.15, -0.1) is 0 Å². The van der Waals surface area contributed by atoms with Gasteiger partial charge in [0.1, 0.15) is 0 Å². The lowest BCUT2D eigenvalue weighted by Gasteiger charge is -2.05. The molecule has 0 amide bonds. The van der Waals surface area contributed by atoms with Crippen LogP contribution in [-0.2, 0) is 0 Å². The second-order valence-electron chi connectivity index (χ2n) is 3.09. The maximum absolute atomic E-state index is 9.26. The van der Waals surface area contributed by atoms with Crippen molar-refractivity contribution >= 4 is 0 Å². The Morgan fingerprint density at radius 3 is 2.79 bits per heavy atom. The first kappa shape index (κ1) is 8.90. The molecule has 1 atom stereocenters. The first-order valence-electron chi connectivity index (χ1n) is 4.40.